The van der Waals surface area contributed by atoms with Gasteiger partial charge in [-0.05, 0) is 30.3 Å². The van der Waals surface area contributed by atoms with Gasteiger partial charge in [-0.1, -0.05) is 23.7 Å². The lowest BCUT2D eigenvalue weighted by atomic mass is 10.2. The van der Waals surface area contributed by atoms with Crippen LogP contribution >= 0.6 is 11.6 Å². The zero-order chi connectivity index (χ0) is 16.4. The number of sulfone groups is 1. The molecule has 0 bridgehead atoms. The van der Waals surface area contributed by atoms with Crippen molar-refractivity contribution in [2.45, 2.75) is 4.90 Å². The number of fused-ring (bicyclic) bond motifs is 1. The third-order valence-corrected chi connectivity index (χ3v) is 4.76. The van der Waals surface area contributed by atoms with Crippen LogP contribution < -0.4 is 5.32 Å². The maximum absolute atomic E-state index is 12.5. The molecule has 0 fully saturated rings. The molecule has 1 heterocycles. The Bertz CT molecular complexity index is 962. The summed E-state index contributed by atoms with van der Waals surface area (Å²) in [4.78, 5) is 8.42. The molecular weight excluding hydrogens is 341 g/mol. The Morgan fingerprint density at radius 1 is 1.13 bits per heavy atom. The summed E-state index contributed by atoms with van der Waals surface area (Å²) in [5, 5.41) is 4.27. The third kappa shape index (κ3) is 3.25. The average Bonchev–Trinajstić information content (AvgIpc) is 2.56. The standard InChI is InChI=1S/C15H11ClFN3O2S/c16-13-3-1-2-10-8-18-15(20-14(10)13)19-11-4-6-12(7-5-11)23(21,22)9-17/h1-8H,9H2,(H,18,19,20). The van der Waals surface area contributed by atoms with Gasteiger partial charge in [0.1, 0.15) is 0 Å². The first-order valence-corrected chi connectivity index (χ1v) is 8.60. The largest absolute Gasteiger partial charge is 0.324 e. The second kappa shape index (κ2) is 6.10. The van der Waals surface area contributed by atoms with Crippen LogP contribution in [0, 0.1) is 0 Å². The molecule has 0 unspecified atom stereocenters. The number of hydrogen-bond acceptors (Lipinski definition) is 5. The summed E-state index contributed by atoms with van der Waals surface area (Å²) in [5.41, 5.74) is 1.19. The molecule has 0 aliphatic heterocycles. The molecule has 5 nitrogen and oxygen atoms in total. The maximum atomic E-state index is 12.5. The first-order valence-electron chi connectivity index (χ1n) is 6.57. The van der Waals surface area contributed by atoms with Crippen molar-refractivity contribution in [2.24, 2.45) is 0 Å². The van der Waals surface area contributed by atoms with Crippen LogP contribution in [0.3, 0.4) is 0 Å². The van der Waals surface area contributed by atoms with E-state index in [2.05, 4.69) is 15.3 Å². The van der Waals surface area contributed by atoms with Gasteiger partial charge in [0.15, 0.2) is 6.01 Å². The van der Waals surface area contributed by atoms with E-state index < -0.39 is 15.8 Å². The molecule has 3 aromatic rings. The van der Waals surface area contributed by atoms with E-state index in [4.69, 9.17) is 11.6 Å². The predicted molar refractivity (Wildman–Crippen MR) is 87.4 cm³/mol. The van der Waals surface area contributed by atoms with Crippen molar-refractivity contribution in [3.05, 3.63) is 53.7 Å². The van der Waals surface area contributed by atoms with Crippen molar-refractivity contribution in [1.29, 1.82) is 0 Å². The Hall–Kier alpha value is -2.25. The van der Waals surface area contributed by atoms with Crippen LogP contribution in [-0.4, -0.2) is 24.4 Å². The fourth-order valence-electron chi connectivity index (χ4n) is 2.02. The van der Waals surface area contributed by atoms with Gasteiger partial charge in [0, 0.05) is 17.3 Å². The SMILES string of the molecule is O=S(=O)(CF)c1ccc(Nc2ncc3cccc(Cl)c3n2)cc1. The van der Waals surface area contributed by atoms with Crippen molar-refractivity contribution >= 4 is 44.0 Å². The van der Waals surface area contributed by atoms with Gasteiger partial charge in [0.25, 0.3) is 0 Å². The molecule has 0 aliphatic rings. The van der Waals surface area contributed by atoms with E-state index in [0.29, 0.717) is 22.2 Å². The monoisotopic (exact) mass is 351 g/mol. The highest BCUT2D eigenvalue weighted by Crippen LogP contribution is 2.23. The summed E-state index contributed by atoms with van der Waals surface area (Å²) < 4.78 is 35.3. The number of nitrogens with one attached hydrogen (secondary N) is 1. The Labute approximate surface area is 137 Å². The molecule has 0 spiro atoms. The topological polar surface area (TPSA) is 72.0 Å². The highest BCUT2D eigenvalue weighted by molar-refractivity contribution is 7.91. The van der Waals surface area contributed by atoms with Crippen molar-refractivity contribution in [3.63, 3.8) is 0 Å². The van der Waals surface area contributed by atoms with Gasteiger partial charge in [-0.25, -0.2) is 22.8 Å². The van der Waals surface area contributed by atoms with Crippen LogP contribution in [0.4, 0.5) is 16.0 Å². The zero-order valence-electron chi connectivity index (χ0n) is 11.7. The Morgan fingerprint density at radius 3 is 2.57 bits per heavy atom. The van der Waals surface area contributed by atoms with Crippen LogP contribution in [-0.2, 0) is 9.84 Å². The van der Waals surface area contributed by atoms with Crippen LogP contribution in [0.15, 0.2) is 53.6 Å². The first kappa shape index (κ1) is 15.6. The minimum atomic E-state index is -3.87. The molecule has 0 aliphatic carbocycles. The lowest BCUT2D eigenvalue weighted by Crippen LogP contribution is -2.03. The number of rotatable bonds is 4. The first-order chi connectivity index (χ1) is 11.0. The molecule has 118 valence electrons. The van der Waals surface area contributed by atoms with E-state index in [1.54, 1.807) is 12.3 Å². The van der Waals surface area contributed by atoms with Crippen LogP contribution in [0.1, 0.15) is 0 Å². The van der Waals surface area contributed by atoms with E-state index in [1.165, 1.54) is 24.3 Å². The Morgan fingerprint density at radius 2 is 1.87 bits per heavy atom. The van der Waals surface area contributed by atoms with Crippen molar-refractivity contribution < 1.29 is 12.8 Å². The summed E-state index contributed by atoms with van der Waals surface area (Å²) in [6, 6.07) is 9.65. The number of nitrogens with zero attached hydrogens (tertiary/aromatic N) is 2. The molecule has 2 aromatic carbocycles. The highest BCUT2D eigenvalue weighted by Gasteiger charge is 2.13. The number of hydrogen-bond donors (Lipinski definition) is 1. The third-order valence-electron chi connectivity index (χ3n) is 3.17. The normalized spacial score (nSPS) is 11.6. The van der Waals surface area contributed by atoms with Crippen LogP contribution in [0.5, 0.6) is 0 Å². The number of para-hydroxylation sites is 1. The quantitative estimate of drug-likeness (QED) is 0.775. The van der Waals surface area contributed by atoms with E-state index in [-0.39, 0.29) is 4.90 Å². The summed E-state index contributed by atoms with van der Waals surface area (Å²) in [7, 11) is -3.87. The Kier molecular flexibility index (Phi) is 4.14. The molecule has 8 heteroatoms. The number of halogens is 2. The smallest absolute Gasteiger partial charge is 0.227 e. The number of alkyl halides is 1. The molecule has 23 heavy (non-hydrogen) atoms. The lowest BCUT2D eigenvalue weighted by molar-refractivity contribution is 0.534. The molecule has 0 radical (unpaired) electrons. The summed E-state index contributed by atoms with van der Waals surface area (Å²) in [6.07, 6.45) is 1.64. The Balaban J connectivity index is 1.89. The number of benzene rings is 2. The van der Waals surface area contributed by atoms with E-state index in [9.17, 15) is 12.8 Å². The molecule has 3 rings (SSSR count). The van der Waals surface area contributed by atoms with E-state index in [1.807, 2.05) is 12.1 Å². The maximum Gasteiger partial charge on any atom is 0.227 e. The van der Waals surface area contributed by atoms with Gasteiger partial charge in [0.2, 0.25) is 15.8 Å². The molecule has 0 amide bonds. The van der Waals surface area contributed by atoms with Gasteiger partial charge < -0.3 is 5.32 Å². The number of anilines is 2. The van der Waals surface area contributed by atoms with Gasteiger partial charge in [-0.15, -0.1) is 0 Å². The zero-order valence-corrected chi connectivity index (χ0v) is 13.3. The minimum absolute atomic E-state index is 0.0759. The molecule has 1 aromatic heterocycles. The van der Waals surface area contributed by atoms with Crippen LogP contribution in [0.25, 0.3) is 10.9 Å². The van der Waals surface area contributed by atoms with Crippen molar-refractivity contribution in [1.82, 2.24) is 9.97 Å². The minimum Gasteiger partial charge on any atom is -0.324 e. The lowest BCUT2D eigenvalue weighted by Gasteiger charge is -2.07. The molecule has 1 N–H and O–H groups in total. The van der Waals surface area contributed by atoms with E-state index in [0.717, 1.165) is 5.39 Å². The fourth-order valence-corrected chi connectivity index (χ4v) is 2.92. The highest BCUT2D eigenvalue weighted by atomic mass is 35.5. The fraction of sp³-hybridized carbons (Fsp3) is 0.0667. The summed E-state index contributed by atoms with van der Waals surface area (Å²) >= 11 is 6.10. The summed E-state index contributed by atoms with van der Waals surface area (Å²) in [5.74, 6) is 0.326. The molecular formula is C15H11ClFN3O2S. The van der Waals surface area contributed by atoms with Crippen molar-refractivity contribution in [2.75, 3.05) is 11.3 Å². The molecule has 0 atom stereocenters. The van der Waals surface area contributed by atoms with Gasteiger partial charge in [-0.3, -0.25) is 0 Å². The average molecular weight is 352 g/mol. The second-order valence-corrected chi connectivity index (χ2v) is 7.07. The predicted octanol–water partition coefficient (Wildman–Crippen LogP) is 3.73. The van der Waals surface area contributed by atoms with Gasteiger partial charge >= 0.3 is 0 Å². The summed E-state index contributed by atoms with van der Waals surface area (Å²) in [6.45, 7) is 0. The van der Waals surface area contributed by atoms with Crippen molar-refractivity contribution in [3.8, 4) is 0 Å². The number of aromatic nitrogens is 2. The molecule has 0 saturated heterocycles. The second-order valence-electron chi connectivity index (χ2n) is 4.74. The van der Waals surface area contributed by atoms with Crippen LogP contribution in [0.2, 0.25) is 5.02 Å². The molecule has 0 saturated carbocycles. The van der Waals surface area contributed by atoms with Gasteiger partial charge in [0.05, 0.1) is 15.4 Å². The van der Waals surface area contributed by atoms with E-state index >= 15 is 0 Å². The van der Waals surface area contributed by atoms with Gasteiger partial charge in [-0.2, -0.15) is 0 Å².